The monoisotopic (exact) mass is 405 g/mol. The van der Waals surface area contributed by atoms with Crippen LogP contribution in [0.15, 0.2) is 34.7 Å². The minimum Gasteiger partial charge on any atom is -0.268 e. The second-order valence-electron chi connectivity index (χ2n) is 6.78. The molecule has 27 heavy (non-hydrogen) atoms. The van der Waals surface area contributed by atoms with Gasteiger partial charge in [-0.3, -0.25) is 19.5 Å². The van der Waals surface area contributed by atoms with Crippen molar-refractivity contribution in [3.8, 4) is 0 Å². The topological polar surface area (TPSA) is 87.7 Å². The van der Waals surface area contributed by atoms with Crippen LogP contribution in [0.4, 0.5) is 0 Å². The van der Waals surface area contributed by atoms with Gasteiger partial charge < -0.3 is 0 Å². The molecule has 1 saturated heterocycles. The minimum atomic E-state index is -3.55. The molecule has 2 aromatic rings. The van der Waals surface area contributed by atoms with Crippen LogP contribution in [0.3, 0.4) is 0 Å². The molecule has 1 fully saturated rings. The zero-order valence-corrected chi connectivity index (χ0v) is 16.4. The maximum absolute atomic E-state index is 12.9. The number of sulfonamides is 1. The smallest absolute Gasteiger partial charge is 0.268 e. The lowest BCUT2D eigenvalue weighted by molar-refractivity contribution is 0.0642. The van der Waals surface area contributed by atoms with Crippen LogP contribution in [0.25, 0.3) is 0 Å². The highest BCUT2D eigenvalue weighted by Crippen LogP contribution is 2.31. The molecule has 0 radical (unpaired) electrons. The fourth-order valence-electron chi connectivity index (χ4n) is 3.54. The number of hydrogen-bond donors (Lipinski definition) is 0. The van der Waals surface area contributed by atoms with E-state index in [0.29, 0.717) is 11.4 Å². The number of thiophene rings is 1. The molecule has 0 N–H and O–H groups in total. The highest BCUT2D eigenvalue weighted by molar-refractivity contribution is 7.91. The first kappa shape index (κ1) is 18.3. The summed E-state index contributed by atoms with van der Waals surface area (Å²) in [5.74, 6) is -0.844. The quantitative estimate of drug-likeness (QED) is 0.730. The van der Waals surface area contributed by atoms with Gasteiger partial charge in [-0.25, -0.2) is 8.42 Å². The number of fused-ring (bicyclic) bond motifs is 1. The summed E-state index contributed by atoms with van der Waals surface area (Å²) in [6, 6.07) is 6.40. The van der Waals surface area contributed by atoms with Crippen molar-refractivity contribution in [1.82, 2.24) is 14.2 Å². The Balaban J connectivity index is 1.56. The van der Waals surface area contributed by atoms with Crippen LogP contribution in [-0.4, -0.2) is 47.0 Å². The van der Waals surface area contributed by atoms with Crippen molar-refractivity contribution in [3.05, 3.63) is 46.6 Å². The third-order valence-corrected chi connectivity index (χ3v) is 8.54. The van der Waals surface area contributed by atoms with Crippen LogP contribution < -0.4 is 0 Å². The van der Waals surface area contributed by atoms with Gasteiger partial charge in [0, 0.05) is 23.7 Å². The minimum absolute atomic E-state index is 0.0170. The largest absolute Gasteiger partial charge is 0.280 e. The van der Waals surface area contributed by atoms with E-state index in [1.54, 1.807) is 28.6 Å². The highest BCUT2D eigenvalue weighted by atomic mass is 32.2. The first-order chi connectivity index (χ1) is 12.9. The van der Waals surface area contributed by atoms with Crippen molar-refractivity contribution >= 4 is 33.2 Å². The van der Waals surface area contributed by atoms with Gasteiger partial charge in [-0.2, -0.15) is 4.31 Å². The molecule has 9 heteroatoms. The molecule has 0 bridgehead atoms. The highest BCUT2D eigenvalue weighted by Gasteiger charge is 2.37. The summed E-state index contributed by atoms with van der Waals surface area (Å²) in [6.07, 6.45) is 4.24. The second kappa shape index (κ2) is 6.81. The predicted octanol–water partition coefficient (Wildman–Crippen LogP) is 2.50. The number of imide groups is 1. The van der Waals surface area contributed by atoms with Gasteiger partial charge in [0.15, 0.2) is 0 Å². The number of rotatable bonds is 4. The van der Waals surface area contributed by atoms with Gasteiger partial charge in [0.05, 0.1) is 12.1 Å². The van der Waals surface area contributed by atoms with E-state index in [0.717, 1.165) is 35.5 Å². The lowest BCUT2D eigenvalue weighted by Gasteiger charge is -2.31. The van der Waals surface area contributed by atoms with Crippen LogP contribution >= 0.6 is 11.3 Å². The van der Waals surface area contributed by atoms with E-state index in [1.807, 2.05) is 6.92 Å². The number of piperidine rings is 1. The van der Waals surface area contributed by atoms with Crippen molar-refractivity contribution in [2.45, 2.75) is 43.0 Å². The van der Waals surface area contributed by atoms with Gasteiger partial charge in [0.25, 0.3) is 21.8 Å². The molecule has 7 nitrogen and oxygen atoms in total. The third-order valence-electron chi connectivity index (χ3n) is 4.99. The molecule has 142 valence electrons. The number of pyridine rings is 1. The Kier molecular flexibility index (Phi) is 4.61. The van der Waals surface area contributed by atoms with E-state index in [-0.39, 0.29) is 28.1 Å². The van der Waals surface area contributed by atoms with Gasteiger partial charge in [-0.05, 0) is 44.0 Å². The molecule has 2 amide bonds. The summed E-state index contributed by atoms with van der Waals surface area (Å²) >= 11 is 1.11. The number of carbonyl (C=O) groups excluding carboxylic acids is 2. The Morgan fingerprint density at radius 2 is 2.00 bits per heavy atom. The standard InChI is InChI=1S/C18H19N3O4S2/c1-12-5-2-3-10-21(12)27(24,25)15-8-7-13(26-15)11-20-17(22)14-6-4-9-19-16(14)18(20)23/h4,6-9,12H,2-3,5,10-11H2,1H3/t12-/m1/s1. The number of hydrogen-bond acceptors (Lipinski definition) is 6. The van der Waals surface area contributed by atoms with E-state index in [2.05, 4.69) is 4.98 Å². The second-order valence-corrected chi connectivity index (χ2v) is 10.1. The maximum atomic E-state index is 12.9. The van der Waals surface area contributed by atoms with Gasteiger partial charge in [0.1, 0.15) is 9.90 Å². The number of nitrogens with zero attached hydrogens (tertiary/aromatic N) is 3. The summed E-state index contributed by atoms with van der Waals surface area (Å²) in [5.41, 5.74) is 0.433. The molecule has 1 atom stereocenters. The molecule has 2 aromatic heterocycles. The zero-order chi connectivity index (χ0) is 19.2. The average molecular weight is 406 g/mol. The van der Waals surface area contributed by atoms with Crippen LogP contribution in [0.2, 0.25) is 0 Å². The SMILES string of the molecule is C[C@@H]1CCCCN1S(=O)(=O)c1ccc(CN2C(=O)c3cccnc3C2=O)s1. The van der Waals surface area contributed by atoms with Crippen molar-refractivity contribution in [3.63, 3.8) is 0 Å². The first-order valence-electron chi connectivity index (χ1n) is 8.81. The summed E-state index contributed by atoms with van der Waals surface area (Å²) in [7, 11) is -3.55. The van der Waals surface area contributed by atoms with E-state index in [4.69, 9.17) is 0 Å². The molecule has 4 heterocycles. The average Bonchev–Trinajstić information content (AvgIpc) is 3.23. The molecule has 0 unspecified atom stereocenters. The third kappa shape index (κ3) is 3.09. The first-order valence-corrected chi connectivity index (χ1v) is 11.1. The van der Waals surface area contributed by atoms with Crippen molar-refractivity contribution in [2.24, 2.45) is 0 Å². The van der Waals surface area contributed by atoms with Gasteiger partial charge >= 0.3 is 0 Å². The molecule has 2 aliphatic heterocycles. The molecule has 0 aliphatic carbocycles. The molecule has 0 spiro atoms. The molecular formula is C18H19N3O4S2. The molecular weight excluding hydrogens is 386 g/mol. The Hall–Kier alpha value is -2.10. The molecule has 0 saturated carbocycles. The van der Waals surface area contributed by atoms with Crippen molar-refractivity contribution in [1.29, 1.82) is 0 Å². The predicted molar refractivity (Wildman–Crippen MR) is 100.0 cm³/mol. The van der Waals surface area contributed by atoms with Crippen molar-refractivity contribution < 1.29 is 18.0 Å². The molecule has 0 aromatic carbocycles. The fourth-order valence-corrected chi connectivity index (χ4v) is 6.71. The van der Waals surface area contributed by atoms with E-state index in [1.165, 1.54) is 6.20 Å². The lowest BCUT2D eigenvalue weighted by atomic mass is 10.1. The lowest BCUT2D eigenvalue weighted by Crippen LogP contribution is -2.41. The molecule has 4 rings (SSSR count). The zero-order valence-electron chi connectivity index (χ0n) is 14.8. The Morgan fingerprint density at radius 1 is 1.19 bits per heavy atom. The van der Waals surface area contributed by atoms with Gasteiger partial charge in [-0.15, -0.1) is 11.3 Å². The van der Waals surface area contributed by atoms with E-state index < -0.39 is 21.8 Å². The summed E-state index contributed by atoms with van der Waals surface area (Å²) < 4.78 is 27.7. The fraction of sp³-hybridized carbons (Fsp3) is 0.389. The van der Waals surface area contributed by atoms with Crippen LogP contribution in [0, 0.1) is 0 Å². The summed E-state index contributed by atoms with van der Waals surface area (Å²) in [5, 5.41) is 0. The van der Waals surface area contributed by atoms with Crippen molar-refractivity contribution in [2.75, 3.05) is 6.54 Å². The molecule has 2 aliphatic rings. The van der Waals surface area contributed by atoms with E-state index >= 15 is 0 Å². The summed E-state index contributed by atoms with van der Waals surface area (Å²) in [4.78, 5) is 30.6. The Bertz CT molecular complexity index is 980. The van der Waals surface area contributed by atoms with E-state index in [9.17, 15) is 18.0 Å². The Labute approximate surface area is 161 Å². The van der Waals surface area contributed by atoms with Gasteiger partial charge in [-0.1, -0.05) is 6.42 Å². The number of carbonyl (C=O) groups is 2. The summed E-state index contributed by atoms with van der Waals surface area (Å²) in [6.45, 7) is 2.50. The number of amides is 2. The van der Waals surface area contributed by atoms with Gasteiger partial charge in [0.2, 0.25) is 0 Å². The van der Waals surface area contributed by atoms with Crippen LogP contribution in [0.5, 0.6) is 0 Å². The number of aromatic nitrogens is 1. The normalized spacial score (nSPS) is 20.9. The Morgan fingerprint density at radius 3 is 2.74 bits per heavy atom. The van der Waals surface area contributed by atoms with Crippen LogP contribution in [0.1, 0.15) is 51.9 Å². The maximum Gasteiger partial charge on any atom is 0.280 e. The van der Waals surface area contributed by atoms with Crippen LogP contribution in [-0.2, 0) is 16.6 Å².